The maximum Gasteiger partial charge on any atom is 0.322 e. The lowest BCUT2D eigenvalue weighted by molar-refractivity contribution is -0.124. The summed E-state index contributed by atoms with van der Waals surface area (Å²) in [7, 11) is 1.54. The van der Waals surface area contributed by atoms with Crippen LogP contribution in [-0.2, 0) is 16.9 Å². The van der Waals surface area contributed by atoms with Crippen LogP contribution in [0.25, 0.3) is 10.8 Å². The van der Waals surface area contributed by atoms with E-state index in [2.05, 4.69) is 10.6 Å². The van der Waals surface area contributed by atoms with Gasteiger partial charge in [0.15, 0.2) is 11.4 Å². The zero-order valence-corrected chi connectivity index (χ0v) is 14.4. The Morgan fingerprint density at radius 1 is 1.11 bits per heavy atom. The van der Waals surface area contributed by atoms with Gasteiger partial charge in [-0.05, 0) is 35.9 Å². The smallest absolute Gasteiger partial charge is 0.322 e. The first-order valence-electron chi connectivity index (χ1n) is 8.22. The van der Waals surface area contributed by atoms with Gasteiger partial charge in [-0.15, -0.1) is 0 Å². The first-order valence-corrected chi connectivity index (χ1v) is 8.22. The molecule has 0 aliphatic carbocycles. The predicted octanol–water partition coefficient (Wildman–Crippen LogP) is 1.80. The van der Waals surface area contributed by atoms with Crippen LogP contribution in [-0.4, -0.2) is 33.8 Å². The molecule has 0 unspecified atom stereocenters. The van der Waals surface area contributed by atoms with Gasteiger partial charge in [0.2, 0.25) is 0 Å². The van der Waals surface area contributed by atoms with Crippen LogP contribution in [0.5, 0.6) is 17.4 Å². The lowest BCUT2D eigenvalue weighted by atomic mass is 9.89. The molecule has 1 saturated heterocycles. The van der Waals surface area contributed by atoms with E-state index in [0.717, 1.165) is 5.39 Å². The maximum absolute atomic E-state index is 12.7. The molecular formula is C19H17N3O5. The van der Waals surface area contributed by atoms with E-state index in [1.54, 1.807) is 36.5 Å². The summed E-state index contributed by atoms with van der Waals surface area (Å²) < 4.78 is 6.69. The van der Waals surface area contributed by atoms with E-state index < -0.39 is 17.5 Å². The van der Waals surface area contributed by atoms with Crippen molar-refractivity contribution in [3.8, 4) is 17.4 Å². The SMILES string of the molecule is COc1ccc2cn(C[C@@]3(c4ccc(O)cc4)NC(=O)NC3=O)c(O)c2c1. The molecule has 1 aliphatic rings. The molecular weight excluding hydrogens is 350 g/mol. The molecule has 3 aromatic rings. The average molecular weight is 367 g/mol. The number of urea groups is 1. The normalized spacial score (nSPS) is 19.1. The molecule has 4 rings (SSSR count). The fraction of sp³-hybridized carbons (Fsp3) is 0.158. The number of methoxy groups -OCH3 is 1. The fourth-order valence-electron chi connectivity index (χ4n) is 3.37. The minimum Gasteiger partial charge on any atom is -0.508 e. The van der Waals surface area contributed by atoms with Gasteiger partial charge in [0.1, 0.15) is 11.5 Å². The number of nitrogens with one attached hydrogen (secondary N) is 2. The zero-order chi connectivity index (χ0) is 19.2. The van der Waals surface area contributed by atoms with E-state index in [9.17, 15) is 19.8 Å². The molecule has 27 heavy (non-hydrogen) atoms. The Bertz CT molecular complexity index is 1060. The van der Waals surface area contributed by atoms with Crippen LogP contribution in [0, 0.1) is 0 Å². The molecule has 2 heterocycles. The van der Waals surface area contributed by atoms with Crippen molar-refractivity contribution in [1.82, 2.24) is 15.2 Å². The summed E-state index contributed by atoms with van der Waals surface area (Å²) in [4.78, 5) is 24.5. The Morgan fingerprint density at radius 2 is 1.85 bits per heavy atom. The molecule has 0 spiro atoms. The summed E-state index contributed by atoms with van der Waals surface area (Å²) in [6.07, 6.45) is 1.70. The molecule has 0 bridgehead atoms. The molecule has 1 atom stereocenters. The summed E-state index contributed by atoms with van der Waals surface area (Å²) in [6, 6.07) is 10.6. The third kappa shape index (κ3) is 2.62. The number of aromatic hydroxyl groups is 2. The summed E-state index contributed by atoms with van der Waals surface area (Å²) in [5, 5.41) is 26.4. The lowest BCUT2D eigenvalue weighted by Gasteiger charge is -2.27. The Hall–Kier alpha value is -3.68. The van der Waals surface area contributed by atoms with E-state index in [-0.39, 0.29) is 18.2 Å². The number of carbonyl (C=O) groups is 2. The van der Waals surface area contributed by atoms with Crippen molar-refractivity contribution in [2.45, 2.75) is 12.1 Å². The molecule has 0 radical (unpaired) electrons. The second-order valence-electron chi connectivity index (χ2n) is 6.39. The van der Waals surface area contributed by atoms with Crippen molar-refractivity contribution in [3.05, 3.63) is 54.2 Å². The Balaban J connectivity index is 1.82. The summed E-state index contributed by atoms with van der Waals surface area (Å²) >= 11 is 0. The standard InChI is InChI=1S/C19H17N3O5/c1-27-14-7-2-11-9-22(16(24)15(11)8-14)10-19(17(25)20-18(26)21-19)12-3-5-13(23)6-4-12/h2-9,23-24H,10H2,1H3,(H2,20,21,25,26)/t19-/m0/s1. The highest BCUT2D eigenvalue weighted by atomic mass is 16.5. The van der Waals surface area contributed by atoms with Crippen LogP contribution in [0.15, 0.2) is 48.7 Å². The van der Waals surface area contributed by atoms with Gasteiger partial charge in [-0.2, -0.15) is 0 Å². The van der Waals surface area contributed by atoms with Gasteiger partial charge in [0, 0.05) is 17.0 Å². The van der Waals surface area contributed by atoms with Crippen LogP contribution in [0.4, 0.5) is 4.79 Å². The highest BCUT2D eigenvalue weighted by molar-refractivity contribution is 6.07. The van der Waals surface area contributed by atoms with Gasteiger partial charge in [-0.1, -0.05) is 12.1 Å². The minimum absolute atomic E-state index is 0.0296. The molecule has 0 saturated carbocycles. The third-order valence-electron chi connectivity index (χ3n) is 4.78. The number of fused-ring (bicyclic) bond motifs is 1. The molecule has 8 nitrogen and oxygen atoms in total. The summed E-state index contributed by atoms with van der Waals surface area (Å²) in [5.74, 6) is 0.0555. The number of imide groups is 1. The van der Waals surface area contributed by atoms with Crippen molar-refractivity contribution >= 4 is 22.7 Å². The molecule has 1 aliphatic heterocycles. The number of carbonyl (C=O) groups excluding carboxylic acids is 2. The first-order chi connectivity index (χ1) is 12.9. The molecule has 4 N–H and O–H groups in total. The van der Waals surface area contributed by atoms with Crippen molar-refractivity contribution in [3.63, 3.8) is 0 Å². The molecule has 138 valence electrons. The van der Waals surface area contributed by atoms with Crippen molar-refractivity contribution in [2.24, 2.45) is 0 Å². The van der Waals surface area contributed by atoms with Gasteiger partial charge in [-0.25, -0.2) is 4.79 Å². The van der Waals surface area contributed by atoms with Crippen molar-refractivity contribution < 1.29 is 24.5 Å². The fourth-order valence-corrected chi connectivity index (χ4v) is 3.37. The molecule has 3 amide bonds. The van der Waals surface area contributed by atoms with Gasteiger partial charge in [0.25, 0.3) is 5.91 Å². The van der Waals surface area contributed by atoms with Crippen LogP contribution < -0.4 is 15.4 Å². The maximum atomic E-state index is 12.7. The van der Waals surface area contributed by atoms with E-state index in [0.29, 0.717) is 16.7 Å². The number of aromatic nitrogens is 1. The number of nitrogens with zero attached hydrogens (tertiary/aromatic N) is 1. The van der Waals surface area contributed by atoms with Gasteiger partial charge >= 0.3 is 6.03 Å². The van der Waals surface area contributed by atoms with Crippen LogP contribution >= 0.6 is 0 Å². The number of hydrogen-bond acceptors (Lipinski definition) is 5. The number of phenolic OH excluding ortho intramolecular Hbond substituents is 1. The predicted molar refractivity (Wildman–Crippen MR) is 96.6 cm³/mol. The Labute approximate surface area is 154 Å². The number of hydrogen-bond donors (Lipinski definition) is 4. The first kappa shape index (κ1) is 16.8. The topological polar surface area (TPSA) is 113 Å². The van der Waals surface area contributed by atoms with E-state index in [1.165, 1.54) is 23.8 Å². The van der Waals surface area contributed by atoms with Crippen LogP contribution in [0.1, 0.15) is 5.56 Å². The second-order valence-corrected chi connectivity index (χ2v) is 6.39. The average Bonchev–Trinajstić information content (AvgIpc) is 3.12. The van der Waals surface area contributed by atoms with E-state index >= 15 is 0 Å². The number of benzene rings is 2. The van der Waals surface area contributed by atoms with Gasteiger partial charge in [-0.3, -0.25) is 10.1 Å². The number of phenols is 1. The highest BCUT2D eigenvalue weighted by Crippen LogP contribution is 2.35. The Kier molecular flexibility index (Phi) is 3.69. The van der Waals surface area contributed by atoms with Crippen molar-refractivity contribution in [2.75, 3.05) is 7.11 Å². The quantitative estimate of drug-likeness (QED) is 0.525. The second kappa shape index (κ2) is 5.94. The minimum atomic E-state index is -1.42. The molecule has 1 fully saturated rings. The van der Waals surface area contributed by atoms with Gasteiger partial charge < -0.3 is 24.8 Å². The van der Waals surface area contributed by atoms with Crippen molar-refractivity contribution in [1.29, 1.82) is 0 Å². The number of amides is 3. The zero-order valence-electron chi connectivity index (χ0n) is 14.4. The van der Waals surface area contributed by atoms with Gasteiger partial charge in [0.05, 0.1) is 13.7 Å². The number of ether oxygens (including phenoxy) is 1. The lowest BCUT2D eigenvalue weighted by Crippen LogP contribution is -2.47. The van der Waals surface area contributed by atoms with Crippen LogP contribution in [0.3, 0.4) is 0 Å². The van der Waals surface area contributed by atoms with E-state index in [1.807, 2.05) is 0 Å². The summed E-state index contributed by atoms with van der Waals surface area (Å²) in [6.45, 7) is -0.0296. The monoisotopic (exact) mass is 367 g/mol. The molecule has 8 heteroatoms. The highest BCUT2D eigenvalue weighted by Gasteiger charge is 2.48. The summed E-state index contributed by atoms with van der Waals surface area (Å²) in [5.41, 5.74) is -0.931. The largest absolute Gasteiger partial charge is 0.508 e. The Morgan fingerprint density at radius 3 is 2.48 bits per heavy atom. The molecule has 2 aromatic carbocycles. The van der Waals surface area contributed by atoms with Crippen LogP contribution in [0.2, 0.25) is 0 Å². The van der Waals surface area contributed by atoms with E-state index in [4.69, 9.17) is 4.74 Å². The molecule has 1 aromatic heterocycles. The third-order valence-corrected chi connectivity index (χ3v) is 4.78. The number of rotatable bonds is 4.